The second-order valence-electron chi connectivity index (χ2n) is 12.0. The molecule has 3 aromatic carbocycles. The molecule has 2 N–H and O–H groups in total. The van der Waals surface area contributed by atoms with Gasteiger partial charge in [0.05, 0.1) is 17.3 Å². The molecular formula is C34H38ClN3O2. The van der Waals surface area contributed by atoms with Crippen molar-refractivity contribution >= 4 is 28.4 Å². The molecule has 4 aromatic rings. The summed E-state index contributed by atoms with van der Waals surface area (Å²) < 4.78 is 5.89. The van der Waals surface area contributed by atoms with Gasteiger partial charge >= 0.3 is 0 Å². The van der Waals surface area contributed by atoms with E-state index in [0.717, 1.165) is 65.1 Å². The lowest BCUT2D eigenvalue weighted by Gasteiger charge is -2.31. The Morgan fingerprint density at radius 2 is 1.90 bits per heavy atom. The van der Waals surface area contributed by atoms with Gasteiger partial charge in [-0.3, -0.25) is 9.89 Å². The number of amides is 1. The van der Waals surface area contributed by atoms with Crippen LogP contribution in [0, 0.1) is 23.7 Å². The van der Waals surface area contributed by atoms with Crippen LogP contribution in [0.4, 0.5) is 0 Å². The molecule has 1 amide bonds. The lowest BCUT2D eigenvalue weighted by Crippen LogP contribution is -2.31. The standard InChI is InChI=1S/C34H38ClN3O2/c1-21(2)32(28-5-3-4-6-30(28)35)36-34(39)26-15-16-31-29(18-26)33(38-37-31)24-11-7-22(8-12-24)9-13-25-17-23-10-14-27(25)20-40-19-23/h3-8,11-12,15-16,18,21,23,25,27,32H,9-10,13-14,17,19-20H2,1-2H3,(H,36,39)(H,37,38)/t23?,25?,27?,32-/m0/s1. The molecule has 40 heavy (non-hydrogen) atoms. The van der Waals surface area contributed by atoms with E-state index in [1.165, 1.54) is 31.2 Å². The lowest BCUT2D eigenvalue weighted by molar-refractivity contribution is 0.0925. The number of aromatic amines is 1. The molecule has 0 spiro atoms. The van der Waals surface area contributed by atoms with E-state index < -0.39 is 0 Å². The van der Waals surface area contributed by atoms with Crippen LogP contribution in [0.5, 0.6) is 0 Å². The van der Waals surface area contributed by atoms with Crippen molar-refractivity contribution in [2.75, 3.05) is 13.2 Å². The molecule has 0 radical (unpaired) electrons. The number of fused-ring (bicyclic) bond motifs is 5. The van der Waals surface area contributed by atoms with E-state index in [-0.39, 0.29) is 17.9 Å². The highest BCUT2D eigenvalue weighted by Crippen LogP contribution is 2.40. The van der Waals surface area contributed by atoms with E-state index >= 15 is 0 Å². The molecule has 3 unspecified atom stereocenters. The monoisotopic (exact) mass is 555 g/mol. The third kappa shape index (κ3) is 5.68. The zero-order chi connectivity index (χ0) is 27.6. The number of H-pyrrole nitrogens is 1. The van der Waals surface area contributed by atoms with Gasteiger partial charge in [0.2, 0.25) is 0 Å². The van der Waals surface area contributed by atoms with Crippen LogP contribution in [0.25, 0.3) is 22.2 Å². The van der Waals surface area contributed by atoms with Crippen LogP contribution < -0.4 is 5.32 Å². The minimum absolute atomic E-state index is 0.124. The number of aryl methyl sites for hydroxylation is 1. The average molecular weight is 556 g/mol. The van der Waals surface area contributed by atoms with Crippen molar-refractivity contribution in [3.05, 3.63) is 88.4 Å². The molecule has 3 heterocycles. The van der Waals surface area contributed by atoms with Crippen molar-refractivity contribution in [1.29, 1.82) is 0 Å². The van der Waals surface area contributed by atoms with Gasteiger partial charge in [-0.1, -0.05) is 67.9 Å². The Morgan fingerprint density at radius 3 is 2.70 bits per heavy atom. The van der Waals surface area contributed by atoms with Crippen LogP contribution in [0.2, 0.25) is 5.02 Å². The number of aromatic nitrogens is 2. The van der Waals surface area contributed by atoms with Crippen LogP contribution in [0.1, 0.15) is 67.1 Å². The summed E-state index contributed by atoms with van der Waals surface area (Å²) in [6.07, 6.45) is 6.34. The number of hydrogen-bond acceptors (Lipinski definition) is 3. The maximum absolute atomic E-state index is 13.4. The molecule has 2 bridgehead atoms. The Morgan fingerprint density at radius 1 is 1.07 bits per heavy atom. The second kappa shape index (κ2) is 11.8. The topological polar surface area (TPSA) is 67.0 Å². The number of nitrogens with zero attached hydrogens (tertiary/aromatic N) is 1. The van der Waals surface area contributed by atoms with Crippen molar-refractivity contribution in [2.24, 2.45) is 23.7 Å². The summed E-state index contributed by atoms with van der Waals surface area (Å²) >= 11 is 6.47. The first-order valence-corrected chi connectivity index (χ1v) is 15.0. The summed E-state index contributed by atoms with van der Waals surface area (Å²) in [5, 5.41) is 12.6. The van der Waals surface area contributed by atoms with E-state index in [4.69, 9.17) is 16.3 Å². The fourth-order valence-corrected chi connectivity index (χ4v) is 6.90. The van der Waals surface area contributed by atoms with Gasteiger partial charge in [-0.2, -0.15) is 5.10 Å². The number of nitrogens with one attached hydrogen (secondary N) is 2. The number of benzene rings is 3. The predicted molar refractivity (Wildman–Crippen MR) is 161 cm³/mol. The van der Waals surface area contributed by atoms with E-state index in [9.17, 15) is 4.79 Å². The largest absolute Gasteiger partial charge is 0.381 e. The third-order valence-corrected chi connectivity index (χ3v) is 9.33. The summed E-state index contributed by atoms with van der Waals surface area (Å²) in [5.41, 5.74) is 5.71. The van der Waals surface area contributed by atoms with Gasteiger partial charge in [0.1, 0.15) is 0 Å². The lowest BCUT2D eigenvalue weighted by atomic mass is 9.73. The van der Waals surface area contributed by atoms with Crippen LogP contribution in [-0.4, -0.2) is 29.3 Å². The minimum atomic E-state index is -0.186. The number of carbonyl (C=O) groups excluding carboxylic acids is 1. The van der Waals surface area contributed by atoms with Gasteiger partial charge in [-0.05, 0) is 91.2 Å². The fourth-order valence-electron chi connectivity index (χ4n) is 6.65. The normalized spacial score (nSPS) is 21.4. The van der Waals surface area contributed by atoms with E-state index in [1.807, 2.05) is 42.5 Å². The number of ether oxygens (including phenoxy) is 1. The third-order valence-electron chi connectivity index (χ3n) is 8.98. The second-order valence-corrected chi connectivity index (χ2v) is 12.4. The Labute approximate surface area is 241 Å². The quantitative estimate of drug-likeness (QED) is 0.231. The number of rotatable bonds is 8. The first kappa shape index (κ1) is 27.0. The van der Waals surface area contributed by atoms with Gasteiger partial charge in [0.25, 0.3) is 5.91 Å². The maximum atomic E-state index is 13.4. The van der Waals surface area contributed by atoms with E-state index in [0.29, 0.717) is 10.6 Å². The number of carbonyl (C=O) groups is 1. The molecule has 4 atom stereocenters. The van der Waals surface area contributed by atoms with Gasteiger partial charge in [0, 0.05) is 34.7 Å². The van der Waals surface area contributed by atoms with Crippen LogP contribution in [0.3, 0.4) is 0 Å². The van der Waals surface area contributed by atoms with Crippen molar-refractivity contribution < 1.29 is 9.53 Å². The summed E-state index contributed by atoms with van der Waals surface area (Å²) in [6, 6.07) is 22.0. The Kier molecular flexibility index (Phi) is 7.95. The summed E-state index contributed by atoms with van der Waals surface area (Å²) in [6.45, 7) is 6.08. The zero-order valence-corrected chi connectivity index (χ0v) is 24.1. The Hall–Kier alpha value is -3.15. The number of halogens is 1. The molecule has 2 aliphatic heterocycles. The highest BCUT2D eigenvalue weighted by Gasteiger charge is 2.33. The molecule has 7 rings (SSSR count). The van der Waals surface area contributed by atoms with Crippen molar-refractivity contribution in [3.8, 4) is 11.3 Å². The van der Waals surface area contributed by atoms with E-state index in [2.05, 4.69) is 53.6 Å². The van der Waals surface area contributed by atoms with Gasteiger partial charge in [-0.25, -0.2) is 0 Å². The zero-order valence-electron chi connectivity index (χ0n) is 23.3. The summed E-state index contributed by atoms with van der Waals surface area (Å²) in [5.74, 6) is 2.34. The van der Waals surface area contributed by atoms with Gasteiger partial charge in [-0.15, -0.1) is 0 Å². The van der Waals surface area contributed by atoms with Gasteiger partial charge < -0.3 is 10.1 Å². The molecule has 3 fully saturated rings. The molecular weight excluding hydrogens is 518 g/mol. The molecule has 5 nitrogen and oxygen atoms in total. The Balaban J connectivity index is 1.17. The molecule has 208 valence electrons. The molecule has 2 saturated heterocycles. The van der Waals surface area contributed by atoms with Crippen LogP contribution in [-0.2, 0) is 11.2 Å². The van der Waals surface area contributed by atoms with Crippen LogP contribution >= 0.6 is 11.6 Å². The number of hydrogen-bond donors (Lipinski definition) is 2. The molecule has 6 heteroatoms. The highest BCUT2D eigenvalue weighted by atomic mass is 35.5. The first-order chi connectivity index (χ1) is 19.5. The predicted octanol–water partition coefficient (Wildman–Crippen LogP) is 8.01. The maximum Gasteiger partial charge on any atom is 0.251 e. The van der Waals surface area contributed by atoms with Crippen molar-refractivity contribution in [2.45, 2.75) is 52.0 Å². The molecule has 3 aliphatic rings. The summed E-state index contributed by atoms with van der Waals surface area (Å²) in [4.78, 5) is 13.4. The fraction of sp³-hybridized carbons (Fsp3) is 0.412. The highest BCUT2D eigenvalue weighted by molar-refractivity contribution is 6.31. The van der Waals surface area contributed by atoms with Crippen LogP contribution in [0.15, 0.2) is 66.7 Å². The van der Waals surface area contributed by atoms with Crippen molar-refractivity contribution in [3.63, 3.8) is 0 Å². The first-order valence-electron chi connectivity index (χ1n) is 14.7. The van der Waals surface area contributed by atoms with E-state index in [1.54, 1.807) is 0 Å². The molecule has 1 aliphatic carbocycles. The average Bonchev–Trinajstić information content (AvgIpc) is 3.12. The van der Waals surface area contributed by atoms with Crippen molar-refractivity contribution in [1.82, 2.24) is 15.5 Å². The SMILES string of the molecule is CC(C)[C@H](NC(=O)c1ccc2[nH]nc(-c3ccc(CCC4CC5CCC4COC5)cc3)c2c1)c1ccccc1Cl. The Bertz CT molecular complexity index is 1470. The molecule has 1 aromatic heterocycles. The van der Waals surface area contributed by atoms with Gasteiger partial charge in [0.15, 0.2) is 0 Å². The summed E-state index contributed by atoms with van der Waals surface area (Å²) in [7, 11) is 0. The smallest absolute Gasteiger partial charge is 0.251 e. The molecule has 1 saturated carbocycles. The minimum Gasteiger partial charge on any atom is -0.381 e.